The Balaban J connectivity index is 2.16. The SMILES string of the molecule is CC1OCCC1(C)Nc1ccc(S(N)(=O)=O)cc1. The van der Waals surface area contributed by atoms with Crippen molar-refractivity contribution in [3.63, 3.8) is 0 Å². The summed E-state index contributed by atoms with van der Waals surface area (Å²) in [6, 6.07) is 6.44. The number of nitrogens with one attached hydrogen (secondary N) is 1. The fraction of sp³-hybridized carbons (Fsp3) is 0.500. The highest BCUT2D eigenvalue weighted by atomic mass is 32.2. The summed E-state index contributed by atoms with van der Waals surface area (Å²) >= 11 is 0. The third kappa shape index (κ3) is 2.66. The van der Waals surface area contributed by atoms with Crippen LogP contribution in [0.25, 0.3) is 0 Å². The van der Waals surface area contributed by atoms with Crippen molar-refractivity contribution in [3.05, 3.63) is 24.3 Å². The molecule has 5 nitrogen and oxygen atoms in total. The molecule has 2 unspecified atom stereocenters. The molecule has 0 bridgehead atoms. The average Bonchev–Trinajstić information content (AvgIpc) is 2.58. The average molecular weight is 270 g/mol. The van der Waals surface area contributed by atoms with Gasteiger partial charge in [-0.2, -0.15) is 0 Å². The first-order valence-corrected chi connectivity index (χ1v) is 7.38. The molecule has 100 valence electrons. The van der Waals surface area contributed by atoms with E-state index in [4.69, 9.17) is 9.88 Å². The van der Waals surface area contributed by atoms with Crippen LogP contribution in [0, 0.1) is 0 Å². The van der Waals surface area contributed by atoms with E-state index in [1.54, 1.807) is 12.1 Å². The highest BCUT2D eigenvalue weighted by Crippen LogP contribution is 2.29. The normalized spacial score (nSPS) is 28.3. The lowest BCUT2D eigenvalue weighted by Crippen LogP contribution is -2.41. The van der Waals surface area contributed by atoms with Crippen molar-refractivity contribution in [2.24, 2.45) is 5.14 Å². The van der Waals surface area contributed by atoms with Gasteiger partial charge in [0.1, 0.15) is 0 Å². The molecule has 0 aromatic heterocycles. The molecule has 1 aliphatic heterocycles. The topological polar surface area (TPSA) is 81.4 Å². The predicted octanol–water partition coefficient (Wildman–Crippen LogP) is 1.31. The summed E-state index contributed by atoms with van der Waals surface area (Å²) in [5, 5.41) is 8.44. The van der Waals surface area contributed by atoms with Gasteiger partial charge >= 0.3 is 0 Å². The predicted molar refractivity (Wildman–Crippen MR) is 69.9 cm³/mol. The summed E-state index contributed by atoms with van der Waals surface area (Å²) in [7, 11) is -3.63. The minimum Gasteiger partial charge on any atom is -0.377 e. The molecule has 18 heavy (non-hydrogen) atoms. The maximum Gasteiger partial charge on any atom is 0.238 e. The van der Waals surface area contributed by atoms with Gasteiger partial charge in [-0.3, -0.25) is 0 Å². The van der Waals surface area contributed by atoms with Crippen molar-refractivity contribution >= 4 is 15.7 Å². The highest BCUT2D eigenvalue weighted by molar-refractivity contribution is 7.89. The van der Waals surface area contributed by atoms with Crippen molar-refractivity contribution in [1.29, 1.82) is 0 Å². The Kier molecular flexibility index (Phi) is 3.35. The van der Waals surface area contributed by atoms with Gasteiger partial charge in [0.15, 0.2) is 0 Å². The molecule has 0 spiro atoms. The van der Waals surface area contributed by atoms with E-state index in [9.17, 15) is 8.42 Å². The van der Waals surface area contributed by atoms with E-state index in [1.165, 1.54) is 12.1 Å². The van der Waals surface area contributed by atoms with Crippen molar-refractivity contribution < 1.29 is 13.2 Å². The van der Waals surface area contributed by atoms with Crippen LogP contribution in [0.5, 0.6) is 0 Å². The van der Waals surface area contributed by atoms with E-state index >= 15 is 0 Å². The van der Waals surface area contributed by atoms with Crippen LogP contribution in [0.1, 0.15) is 20.3 Å². The molecule has 1 aliphatic rings. The Hall–Kier alpha value is -1.11. The number of sulfonamides is 1. The minimum atomic E-state index is -3.63. The van der Waals surface area contributed by atoms with Gasteiger partial charge in [0, 0.05) is 12.3 Å². The molecule has 1 aromatic rings. The third-order valence-corrected chi connectivity index (χ3v) is 4.43. The molecule has 3 N–H and O–H groups in total. The quantitative estimate of drug-likeness (QED) is 0.867. The van der Waals surface area contributed by atoms with Crippen LogP contribution in [-0.4, -0.2) is 26.7 Å². The van der Waals surface area contributed by atoms with Crippen molar-refractivity contribution in [3.8, 4) is 0 Å². The van der Waals surface area contributed by atoms with Gasteiger partial charge in [-0.15, -0.1) is 0 Å². The Bertz CT molecular complexity index is 527. The summed E-state index contributed by atoms with van der Waals surface area (Å²) in [6.07, 6.45) is 1.04. The summed E-state index contributed by atoms with van der Waals surface area (Å²) in [6.45, 7) is 4.86. The van der Waals surface area contributed by atoms with Gasteiger partial charge in [0.25, 0.3) is 0 Å². The van der Waals surface area contributed by atoms with Crippen LogP contribution >= 0.6 is 0 Å². The molecule has 1 fully saturated rings. The van der Waals surface area contributed by atoms with Gasteiger partial charge in [-0.05, 0) is 44.5 Å². The number of nitrogens with two attached hydrogens (primary N) is 1. The number of hydrogen-bond donors (Lipinski definition) is 2. The van der Waals surface area contributed by atoms with Crippen LogP contribution in [0.3, 0.4) is 0 Å². The third-order valence-electron chi connectivity index (χ3n) is 3.50. The number of rotatable bonds is 3. The summed E-state index contributed by atoms with van der Waals surface area (Å²) < 4.78 is 27.8. The zero-order chi connectivity index (χ0) is 13.4. The number of primary sulfonamides is 1. The largest absolute Gasteiger partial charge is 0.377 e. The molecule has 2 rings (SSSR count). The Labute approximate surface area is 107 Å². The Morgan fingerprint density at radius 3 is 2.44 bits per heavy atom. The second-order valence-corrected chi connectivity index (χ2v) is 6.44. The zero-order valence-electron chi connectivity index (χ0n) is 10.5. The first-order valence-electron chi connectivity index (χ1n) is 5.84. The standard InChI is InChI=1S/C12H18N2O3S/c1-9-12(2,7-8-17-9)14-10-3-5-11(6-4-10)18(13,15)16/h3-6,9,14H,7-8H2,1-2H3,(H2,13,15,16). The van der Waals surface area contributed by atoms with Gasteiger partial charge < -0.3 is 10.1 Å². The lowest BCUT2D eigenvalue weighted by molar-refractivity contribution is 0.105. The van der Waals surface area contributed by atoms with E-state index in [-0.39, 0.29) is 16.5 Å². The molecule has 0 amide bonds. The van der Waals surface area contributed by atoms with Gasteiger partial charge in [0.05, 0.1) is 16.5 Å². The molecule has 1 heterocycles. The molecule has 0 aliphatic carbocycles. The smallest absolute Gasteiger partial charge is 0.238 e. The molecule has 2 atom stereocenters. The van der Waals surface area contributed by atoms with Crippen LogP contribution < -0.4 is 10.5 Å². The Morgan fingerprint density at radius 1 is 1.39 bits per heavy atom. The number of ether oxygens (including phenoxy) is 1. The molecular formula is C12H18N2O3S. The summed E-state index contributed by atoms with van der Waals surface area (Å²) in [5.74, 6) is 0. The van der Waals surface area contributed by atoms with Gasteiger partial charge in [0.2, 0.25) is 10.0 Å². The lowest BCUT2D eigenvalue weighted by atomic mass is 9.94. The molecular weight excluding hydrogens is 252 g/mol. The van der Waals surface area contributed by atoms with Crippen LogP contribution in [0.15, 0.2) is 29.2 Å². The lowest BCUT2D eigenvalue weighted by Gasteiger charge is -2.30. The maximum absolute atomic E-state index is 11.1. The molecule has 6 heteroatoms. The molecule has 1 aromatic carbocycles. The molecule has 0 radical (unpaired) electrons. The van der Waals surface area contributed by atoms with E-state index in [1.807, 2.05) is 6.92 Å². The van der Waals surface area contributed by atoms with E-state index in [0.29, 0.717) is 0 Å². The van der Waals surface area contributed by atoms with Gasteiger partial charge in [-0.25, -0.2) is 13.6 Å². The highest BCUT2D eigenvalue weighted by Gasteiger charge is 2.36. The fourth-order valence-electron chi connectivity index (χ4n) is 2.06. The van der Waals surface area contributed by atoms with Crippen LogP contribution in [0.4, 0.5) is 5.69 Å². The van der Waals surface area contributed by atoms with E-state index < -0.39 is 10.0 Å². The first-order chi connectivity index (χ1) is 8.31. The van der Waals surface area contributed by atoms with Crippen molar-refractivity contribution in [2.75, 3.05) is 11.9 Å². The van der Waals surface area contributed by atoms with Crippen molar-refractivity contribution in [1.82, 2.24) is 0 Å². The van der Waals surface area contributed by atoms with Crippen LogP contribution in [0.2, 0.25) is 0 Å². The minimum absolute atomic E-state index is 0.119. The Morgan fingerprint density at radius 2 is 2.00 bits per heavy atom. The van der Waals surface area contributed by atoms with Crippen molar-refractivity contribution in [2.45, 2.75) is 36.8 Å². The fourth-order valence-corrected chi connectivity index (χ4v) is 2.57. The second kappa shape index (κ2) is 4.53. The number of benzene rings is 1. The monoisotopic (exact) mass is 270 g/mol. The second-order valence-electron chi connectivity index (χ2n) is 4.87. The first kappa shape index (κ1) is 13.3. The van der Waals surface area contributed by atoms with E-state index in [2.05, 4.69) is 12.2 Å². The zero-order valence-corrected chi connectivity index (χ0v) is 11.3. The van der Waals surface area contributed by atoms with Gasteiger partial charge in [-0.1, -0.05) is 0 Å². The van der Waals surface area contributed by atoms with Crippen LogP contribution in [-0.2, 0) is 14.8 Å². The summed E-state index contributed by atoms with van der Waals surface area (Å²) in [5.41, 5.74) is 0.741. The number of hydrogen-bond acceptors (Lipinski definition) is 4. The number of anilines is 1. The van der Waals surface area contributed by atoms with E-state index in [0.717, 1.165) is 18.7 Å². The molecule has 0 saturated carbocycles. The molecule has 1 saturated heterocycles. The summed E-state index contributed by atoms with van der Waals surface area (Å²) in [4.78, 5) is 0.119. The maximum atomic E-state index is 11.1.